The first kappa shape index (κ1) is 32.9. The molecule has 11 heteroatoms. The molecule has 1 fully saturated rings. The SMILES string of the molecule is CC(C)(C)OC(=O)NC1(CCc2ccc(SCCCc3ccc(Cl)c(Cl)c3)c(C(F)(F)F)c2)COC(C)(C)OC1. The summed E-state index contributed by atoms with van der Waals surface area (Å²) in [5, 5.41) is 3.78. The number of benzene rings is 2. The molecule has 1 heterocycles. The second-order valence-corrected chi connectivity index (χ2v) is 13.4. The van der Waals surface area contributed by atoms with Crippen LogP contribution in [-0.2, 0) is 33.2 Å². The van der Waals surface area contributed by atoms with Crippen molar-refractivity contribution >= 4 is 41.1 Å². The minimum atomic E-state index is -4.50. The predicted molar refractivity (Wildman–Crippen MR) is 153 cm³/mol. The molecule has 1 amide bonds. The molecule has 222 valence electrons. The Hall–Kier alpha value is -1.65. The molecule has 2 aromatic carbocycles. The average molecular weight is 623 g/mol. The van der Waals surface area contributed by atoms with E-state index in [2.05, 4.69) is 5.32 Å². The van der Waals surface area contributed by atoms with Gasteiger partial charge in [0, 0.05) is 4.90 Å². The van der Waals surface area contributed by atoms with E-state index in [1.54, 1.807) is 52.8 Å². The molecule has 0 aliphatic carbocycles. The lowest BCUT2D eigenvalue weighted by molar-refractivity contribution is -0.271. The van der Waals surface area contributed by atoms with Crippen LogP contribution >= 0.6 is 35.0 Å². The van der Waals surface area contributed by atoms with Crippen LogP contribution in [0.5, 0.6) is 0 Å². The third-order valence-electron chi connectivity index (χ3n) is 6.25. The van der Waals surface area contributed by atoms with Crippen LogP contribution in [0.4, 0.5) is 18.0 Å². The van der Waals surface area contributed by atoms with Gasteiger partial charge in [-0.05, 0) is 101 Å². The summed E-state index contributed by atoms with van der Waals surface area (Å²) in [5.74, 6) is -0.322. The molecule has 0 saturated carbocycles. The minimum Gasteiger partial charge on any atom is -0.444 e. The van der Waals surface area contributed by atoms with Crippen molar-refractivity contribution in [3.05, 3.63) is 63.1 Å². The zero-order valence-electron chi connectivity index (χ0n) is 23.3. The molecule has 1 aliphatic rings. The van der Waals surface area contributed by atoms with Gasteiger partial charge in [0.25, 0.3) is 0 Å². The molecule has 5 nitrogen and oxygen atoms in total. The summed E-state index contributed by atoms with van der Waals surface area (Å²) in [5.41, 5.74) is -0.848. The first-order valence-electron chi connectivity index (χ1n) is 13.0. The number of hydrogen-bond donors (Lipinski definition) is 1. The highest BCUT2D eigenvalue weighted by Gasteiger charge is 2.42. The van der Waals surface area contributed by atoms with E-state index in [4.69, 9.17) is 37.4 Å². The molecular formula is C29H36Cl2F3NO4S. The maximum atomic E-state index is 14.0. The Bertz CT molecular complexity index is 1170. The maximum absolute atomic E-state index is 14.0. The van der Waals surface area contributed by atoms with Crippen LogP contribution in [0, 0.1) is 0 Å². The fraction of sp³-hybridized carbons (Fsp3) is 0.552. The van der Waals surface area contributed by atoms with Gasteiger partial charge in [-0.1, -0.05) is 35.3 Å². The monoisotopic (exact) mass is 621 g/mol. The van der Waals surface area contributed by atoms with E-state index in [0.717, 1.165) is 5.56 Å². The summed E-state index contributed by atoms with van der Waals surface area (Å²) < 4.78 is 59.1. The van der Waals surface area contributed by atoms with E-state index in [9.17, 15) is 18.0 Å². The largest absolute Gasteiger partial charge is 0.444 e. The van der Waals surface area contributed by atoms with Gasteiger partial charge in [0.15, 0.2) is 5.79 Å². The molecule has 1 saturated heterocycles. The van der Waals surface area contributed by atoms with Crippen LogP contribution in [0.25, 0.3) is 0 Å². The molecule has 0 atom stereocenters. The number of carbonyl (C=O) groups is 1. The molecule has 0 bridgehead atoms. The first-order valence-corrected chi connectivity index (χ1v) is 14.8. The third-order valence-corrected chi connectivity index (χ3v) is 8.15. The number of alkyl carbamates (subject to hydrolysis) is 1. The molecule has 0 spiro atoms. The molecule has 1 aliphatic heterocycles. The Morgan fingerprint density at radius 2 is 1.62 bits per heavy atom. The van der Waals surface area contributed by atoms with Gasteiger partial charge in [-0.25, -0.2) is 4.79 Å². The van der Waals surface area contributed by atoms with E-state index >= 15 is 0 Å². The zero-order valence-corrected chi connectivity index (χ0v) is 25.7. The number of rotatable bonds is 9. The van der Waals surface area contributed by atoms with Gasteiger partial charge < -0.3 is 19.5 Å². The number of hydrogen-bond acceptors (Lipinski definition) is 5. The summed E-state index contributed by atoms with van der Waals surface area (Å²) in [4.78, 5) is 12.8. The van der Waals surface area contributed by atoms with E-state index in [0.29, 0.717) is 40.6 Å². The van der Waals surface area contributed by atoms with Crippen molar-refractivity contribution in [3.63, 3.8) is 0 Å². The molecule has 0 aromatic heterocycles. The predicted octanol–water partition coefficient (Wildman–Crippen LogP) is 8.72. The molecule has 3 rings (SSSR count). The number of halogens is 5. The average Bonchev–Trinajstić information content (AvgIpc) is 2.83. The molecule has 40 heavy (non-hydrogen) atoms. The summed E-state index contributed by atoms with van der Waals surface area (Å²) >= 11 is 13.2. The van der Waals surface area contributed by atoms with Gasteiger partial charge in [-0.3, -0.25) is 0 Å². The van der Waals surface area contributed by atoms with Crippen molar-refractivity contribution in [2.24, 2.45) is 0 Å². The second kappa shape index (κ2) is 13.1. The van der Waals surface area contributed by atoms with Crippen molar-refractivity contribution in [3.8, 4) is 0 Å². The van der Waals surface area contributed by atoms with Crippen molar-refractivity contribution in [1.29, 1.82) is 0 Å². The highest BCUT2D eigenvalue weighted by Crippen LogP contribution is 2.38. The topological polar surface area (TPSA) is 56.8 Å². The van der Waals surface area contributed by atoms with Crippen molar-refractivity contribution in [2.45, 2.75) is 88.3 Å². The lowest BCUT2D eigenvalue weighted by atomic mass is 9.91. The van der Waals surface area contributed by atoms with Crippen molar-refractivity contribution in [2.75, 3.05) is 19.0 Å². The Morgan fingerprint density at radius 3 is 2.23 bits per heavy atom. The minimum absolute atomic E-state index is 0.137. The van der Waals surface area contributed by atoms with Crippen molar-refractivity contribution < 1.29 is 32.2 Å². The standard InChI is InChI=1S/C29H36Cl2F3NO4S/c1-26(2,3)39-25(36)35-28(17-37-27(4,5)38-18-28)13-12-20-9-11-24(21(15-20)29(32,33)34)40-14-6-7-19-8-10-22(30)23(31)16-19/h8-11,15-16H,6-7,12-14,17-18H2,1-5H3,(H,35,36). The number of aryl methyl sites for hydroxylation is 2. The molecule has 0 unspecified atom stereocenters. The van der Waals surface area contributed by atoms with E-state index in [1.807, 2.05) is 6.07 Å². The number of amides is 1. The maximum Gasteiger partial charge on any atom is 0.417 e. The number of nitrogens with one attached hydrogen (secondary N) is 1. The number of carbonyl (C=O) groups excluding carboxylic acids is 1. The summed E-state index contributed by atoms with van der Waals surface area (Å²) in [6, 6.07) is 9.77. The first-order chi connectivity index (χ1) is 18.5. The van der Waals surface area contributed by atoms with Gasteiger partial charge in [0.05, 0.1) is 34.4 Å². The Balaban J connectivity index is 1.68. The van der Waals surface area contributed by atoms with E-state index in [1.165, 1.54) is 23.9 Å². The van der Waals surface area contributed by atoms with Gasteiger partial charge in [-0.15, -0.1) is 11.8 Å². The van der Waals surface area contributed by atoms with Crippen LogP contribution in [-0.4, -0.2) is 42.0 Å². The zero-order chi connectivity index (χ0) is 29.8. The van der Waals surface area contributed by atoms with Gasteiger partial charge in [0.2, 0.25) is 0 Å². The van der Waals surface area contributed by atoms with Gasteiger partial charge in [0.1, 0.15) is 5.60 Å². The fourth-order valence-corrected chi connectivity index (χ4v) is 5.45. The highest BCUT2D eigenvalue weighted by atomic mass is 35.5. The summed E-state index contributed by atoms with van der Waals surface area (Å²) in [7, 11) is 0. The quantitative estimate of drug-likeness (QED) is 0.224. The van der Waals surface area contributed by atoms with Crippen LogP contribution in [0.3, 0.4) is 0 Å². The number of thioether (sulfide) groups is 1. The molecular weight excluding hydrogens is 586 g/mol. The Kier molecular flexibility index (Phi) is 10.8. The molecule has 2 aromatic rings. The van der Waals surface area contributed by atoms with Gasteiger partial charge in [-0.2, -0.15) is 13.2 Å². The smallest absolute Gasteiger partial charge is 0.417 e. The Labute approximate surface area is 248 Å². The van der Waals surface area contributed by atoms with E-state index in [-0.39, 0.29) is 24.5 Å². The number of alkyl halides is 3. The van der Waals surface area contributed by atoms with Gasteiger partial charge >= 0.3 is 12.3 Å². The van der Waals surface area contributed by atoms with Crippen molar-refractivity contribution in [1.82, 2.24) is 5.32 Å². The molecule has 1 N–H and O–H groups in total. The lowest BCUT2D eigenvalue weighted by Gasteiger charge is -2.44. The molecule has 0 radical (unpaired) electrons. The fourth-order valence-electron chi connectivity index (χ4n) is 4.12. The highest BCUT2D eigenvalue weighted by molar-refractivity contribution is 7.99. The van der Waals surface area contributed by atoms with Crippen LogP contribution in [0.2, 0.25) is 10.0 Å². The van der Waals surface area contributed by atoms with E-state index < -0.39 is 34.8 Å². The van der Waals surface area contributed by atoms with Crippen LogP contribution in [0.15, 0.2) is 41.3 Å². The lowest BCUT2D eigenvalue weighted by Crippen LogP contribution is -2.61. The normalized spacial score (nSPS) is 16.9. The second-order valence-electron chi connectivity index (χ2n) is 11.4. The third kappa shape index (κ3) is 10.0. The van der Waals surface area contributed by atoms with Crippen LogP contribution < -0.4 is 5.32 Å². The summed E-state index contributed by atoms with van der Waals surface area (Å²) in [6.07, 6.45) is -3.21. The Morgan fingerprint density at radius 1 is 1.00 bits per heavy atom. The number of ether oxygens (including phenoxy) is 3. The summed E-state index contributed by atoms with van der Waals surface area (Å²) in [6.45, 7) is 9.06. The van der Waals surface area contributed by atoms with Crippen LogP contribution in [0.1, 0.15) is 64.2 Å².